The Morgan fingerprint density at radius 3 is 2.48 bits per heavy atom. The van der Waals surface area contributed by atoms with Gasteiger partial charge in [-0.1, -0.05) is 37.3 Å². The Morgan fingerprint density at radius 1 is 1.14 bits per heavy atom. The van der Waals surface area contributed by atoms with Crippen molar-refractivity contribution in [2.75, 3.05) is 7.11 Å². The van der Waals surface area contributed by atoms with Crippen molar-refractivity contribution in [3.63, 3.8) is 0 Å². The van der Waals surface area contributed by atoms with Crippen LogP contribution in [0.5, 0.6) is 0 Å². The minimum atomic E-state index is -0.263. The SMILES string of the molecule is CC[C@H](C)n1c(CCc2ccccc2)ccc1C(=O)OC. The van der Waals surface area contributed by atoms with Crippen molar-refractivity contribution in [3.05, 3.63) is 59.4 Å². The number of rotatable bonds is 6. The maximum absolute atomic E-state index is 11.9. The van der Waals surface area contributed by atoms with Crippen molar-refractivity contribution in [3.8, 4) is 0 Å². The normalized spacial score (nSPS) is 12.1. The number of aromatic nitrogens is 1. The summed E-state index contributed by atoms with van der Waals surface area (Å²) in [6.45, 7) is 4.27. The predicted octanol–water partition coefficient (Wildman–Crippen LogP) is 4.03. The van der Waals surface area contributed by atoms with E-state index >= 15 is 0 Å². The molecule has 1 heterocycles. The zero-order valence-electron chi connectivity index (χ0n) is 13.0. The van der Waals surface area contributed by atoms with Crippen molar-refractivity contribution >= 4 is 5.97 Å². The number of hydrogen-bond acceptors (Lipinski definition) is 2. The van der Waals surface area contributed by atoms with Crippen molar-refractivity contribution in [1.29, 1.82) is 0 Å². The fraction of sp³-hybridized carbons (Fsp3) is 0.389. The highest BCUT2D eigenvalue weighted by Crippen LogP contribution is 2.21. The van der Waals surface area contributed by atoms with Crippen molar-refractivity contribution in [2.24, 2.45) is 0 Å². The molecule has 0 saturated heterocycles. The van der Waals surface area contributed by atoms with Gasteiger partial charge in [0.15, 0.2) is 0 Å². The first-order chi connectivity index (χ1) is 10.2. The van der Waals surface area contributed by atoms with E-state index in [0.717, 1.165) is 19.3 Å². The number of esters is 1. The Balaban J connectivity index is 2.22. The third kappa shape index (κ3) is 3.54. The Bertz CT molecular complexity index is 587. The van der Waals surface area contributed by atoms with Crippen LogP contribution >= 0.6 is 0 Å². The van der Waals surface area contributed by atoms with E-state index in [1.807, 2.05) is 18.2 Å². The predicted molar refractivity (Wildman–Crippen MR) is 84.6 cm³/mol. The maximum atomic E-state index is 11.9. The highest BCUT2D eigenvalue weighted by Gasteiger charge is 2.18. The van der Waals surface area contributed by atoms with Gasteiger partial charge in [-0.2, -0.15) is 0 Å². The average molecular weight is 285 g/mol. The summed E-state index contributed by atoms with van der Waals surface area (Å²) in [5.74, 6) is -0.263. The minimum absolute atomic E-state index is 0.263. The summed E-state index contributed by atoms with van der Waals surface area (Å²) < 4.78 is 7.01. The summed E-state index contributed by atoms with van der Waals surface area (Å²) in [7, 11) is 1.43. The molecule has 0 aliphatic heterocycles. The summed E-state index contributed by atoms with van der Waals surface area (Å²) in [6, 6.07) is 14.6. The van der Waals surface area contributed by atoms with Crippen LogP contribution in [-0.4, -0.2) is 17.6 Å². The summed E-state index contributed by atoms with van der Waals surface area (Å²) in [5.41, 5.74) is 3.15. The smallest absolute Gasteiger partial charge is 0.354 e. The van der Waals surface area contributed by atoms with Gasteiger partial charge in [0, 0.05) is 11.7 Å². The second-order valence-corrected chi connectivity index (χ2v) is 5.31. The quantitative estimate of drug-likeness (QED) is 0.750. The van der Waals surface area contributed by atoms with E-state index in [0.29, 0.717) is 11.7 Å². The molecular weight excluding hydrogens is 262 g/mol. The van der Waals surface area contributed by atoms with E-state index in [1.165, 1.54) is 18.4 Å². The topological polar surface area (TPSA) is 31.2 Å². The van der Waals surface area contributed by atoms with Crippen molar-refractivity contribution in [1.82, 2.24) is 4.57 Å². The molecule has 0 unspecified atom stereocenters. The van der Waals surface area contributed by atoms with Gasteiger partial charge in [-0.15, -0.1) is 0 Å². The van der Waals surface area contributed by atoms with Crippen LogP contribution in [0, 0.1) is 0 Å². The molecule has 0 aliphatic carbocycles. The fourth-order valence-corrected chi connectivity index (χ4v) is 2.59. The third-order valence-corrected chi connectivity index (χ3v) is 3.94. The zero-order chi connectivity index (χ0) is 15.2. The second-order valence-electron chi connectivity index (χ2n) is 5.31. The summed E-state index contributed by atoms with van der Waals surface area (Å²) in [6.07, 6.45) is 2.88. The van der Waals surface area contributed by atoms with Crippen LogP contribution in [0.25, 0.3) is 0 Å². The number of hydrogen-bond donors (Lipinski definition) is 0. The molecule has 2 rings (SSSR count). The molecule has 1 atom stereocenters. The van der Waals surface area contributed by atoms with Crippen LogP contribution in [0.2, 0.25) is 0 Å². The second kappa shape index (κ2) is 7.11. The van der Waals surface area contributed by atoms with Gasteiger partial charge in [-0.25, -0.2) is 4.79 Å². The maximum Gasteiger partial charge on any atom is 0.354 e. The number of benzene rings is 1. The van der Waals surface area contributed by atoms with Gasteiger partial charge in [-0.05, 0) is 43.9 Å². The molecule has 3 nitrogen and oxygen atoms in total. The van der Waals surface area contributed by atoms with E-state index in [2.05, 4.69) is 42.7 Å². The molecule has 0 spiro atoms. The molecule has 0 amide bonds. The highest BCUT2D eigenvalue weighted by molar-refractivity contribution is 5.87. The Kier molecular flexibility index (Phi) is 5.20. The molecule has 3 heteroatoms. The van der Waals surface area contributed by atoms with Gasteiger partial charge in [0.05, 0.1) is 7.11 Å². The van der Waals surface area contributed by atoms with Crippen LogP contribution in [0.3, 0.4) is 0 Å². The Hall–Kier alpha value is -2.03. The van der Waals surface area contributed by atoms with E-state index in [4.69, 9.17) is 4.74 Å². The minimum Gasteiger partial charge on any atom is -0.464 e. The molecule has 112 valence electrons. The monoisotopic (exact) mass is 285 g/mol. The standard InChI is InChI=1S/C18H23NO2/c1-4-14(2)19-16(12-13-17(19)18(20)21-3)11-10-15-8-6-5-7-9-15/h5-9,12-14H,4,10-11H2,1-3H3/t14-/m0/s1. The van der Waals surface area contributed by atoms with Crippen LogP contribution < -0.4 is 0 Å². The lowest BCUT2D eigenvalue weighted by Gasteiger charge is -2.18. The Morgan fingerprint density at radius 2 is 1.86 bits per heavy atom. The van der Waals surface area contributed by atoms with E-state index in [1.54, 1.807) is 0 Å². The van der Waals surface area contributed by atoms with Crippen molar-refractivity contribution < 1.29 is 9.53 Å². The van der Waals surface area contributed by atoms with Gasteiger partial charge in [0.1, 0.15) is 5.69 Å². The molecular formula is C18H23NO2. The molecule has 0 N–H and O–H groups in total. The van der Waals surface area contributed by atoms with Crippen LogP contribution in [0.4, 0.5) is 0 Å². The Labute approximate surface area is 126 Å². The van der Waals surface area contributed by atoms with Gasteiger partial charge in [-0.3, -0.25) is 0 Å². The van der Waals surface area contributed by atoms with E-state index in [-0.39, 0.29) is 5.97 Å². The van der Waals surface area contributed by atoms with Crippen LogP contribution in [0.15, 0.2) is 42.5 Å². The van der Waals surface area contributed by atoms with E-state index < -0.39 is 0 Å². The number of carbonyl (C=O) groups excluding carboxylic acids is 1. The fourth-order valence-electron chi connectivity index (χ4n) is 2.59. The average Bonchev–Trinajstić information content (AvgIpc) is 2.96. The lowest BCUT2D eigenvalue weighted by Crippen LogP contribution is -2.16. The van der Waals surface area contributed by atoms with Crippen LogP contribution in [0.1, 0.15) is 48.1 Å². The van der Waals surface area contributed by atoms with Gasteiger partial charge < -0.3 is 9.30 Å². The van der Waals surface area contributed by atoms with Gasteiger partial charge >= 0.3 is 5.97 Å². The molecule has 0 fully saturated rings. The number of carbonyl (C=O) groups is 1. The number of aryl methyl sites for hydroxylation is 2. The first kappa shape index (κ1) is 15.4. The summed E-state index contributed by atoms with van der Waals surface area (Å²) in [5, 5.41) is 0. The van der Waals surface area contributed by atoms with Gasteiger partial charge in [0.2, 0.25) is 0 Å². The zero-order valence-corrected chi connectivity index (χ0v) is 13.0. The van der Waals surface area contributed by atoms with E-state index in [9.17, 15) is 4.79 Å². The van der Waals surface area contributed by atoms with Crippen molar-refractivity contribution in [2.45, 2.75) is 39.2 Å². The van der Waals surface area contributed by atoms with Gasteiger partial charge in [0.25, 0.3) is 0 Å². The molecule has 1 aromatic carbocycles. The molecule has 0 aliphatic rings. The summed E-state index contributed by atoms with van der Waals surface area (Å²) >= 11 is 0. The lowest BCUT2D eigenvalue weighted by molar-refractivity contribution is 0.0585. The molecule has 2 aromatic rings. The summed E-state index contributed by atoms with van der Waals surface area (Å²) in [4.78, 5) is 11.9. The lowest BCUT2D eigenvalue weighted by atomic mass is 10.1. The molecule has 0 saturated carbocycles. The largest absolute Gasteiger partial charge is 0.464 e. The molecule has 0 bridgehead atoms. The third-order valence-electron chi connectivity index (χ3n) is 3.94. The first-order valence-electron chi connectivity index (χ1n) is 7.49. The van der Waals surface area contributed by atoms with Crippen LogP contribution in [-0.2, 0) is 17.6 Å². The molecule has 1 aromatic heterocycles. The molecule has 21 heavy (non-hydrogen) atoms. The number of methoxy groups -OCH3 is 1. The first-order valence-corrected chi connectivity index (χ1v) is 7.49. The highest BCUT2D eigenvalue weighted by atomic mass is 16.5. The number of ether oxygens (including phenoxy) is 1. The molecule has 0 radical (unpaired) electrons. The number of nitrogens with zero attached hydrogens (tertiary/aromatic N) is 1.